The average Bonchev–Trinajstić information content (AvgIpc) is 2.34. The Morgan fingerprint density at radius 2 is 2.15 bits per heavy atom. The lowest BCUT2D eigenvalue weighted by Gasteiger charge is -2.16. The summed E-state index contributed by atoms with van der Waals surface area (Å²) in [4.78, 5) is 0. The SMILES string of the molecule is CC(C)(C)CC1=[N+](CCN)C=CC1. The number of rotatable bonds is 3. The molecule has 1 heterocycles. The van der Waals surface area contributed by atoms with Gasteiger partial charge in [0.2, 0.25) is 0 Å². The lowest BCUT2D eigenvalue weighted by molar-refractivity contribution is -0.453. The van der Waals surface area contributed by atoms with Gasteiger partial charge in [0.15, 0.2) is 18.5 Å². The molecular weight excluding hydrogens is 160 g/mol. The zero-order valence-corrected chi connectivity index (χ0v) is 9.01. The van der Waals surface area contributed by atoms with Gasteiger partial charge in [0, 0.05) is 6.42 Å². The van der Waals surface area contributed by atoms with Crippen molar-refractivity contribution in [2.24, 2.45) is 11.1 Å². The molecule has 0 aromatic heterocycles. The maximum atomic E-state index is 5.55. The van der Waals surface area contributed by atoms with Gasteiger partial charge in [-0.3, -0.25) is 0 Å². The van der Waals surface area contributed by atoms with Crippen LogP contribution in [0.1, 0.15) is 33.6 Å². The van der Waals surface area contributed by atoms with E-state index in [9.17, 15) is 0 Å². The maximum absolute atomic E-state index is 5.55. The van der Waals surface area contributed by atoms with Crippen LogP contribution in [0, 0.1) is 5.41 Å². The van der Waals surface area contributed by atoms with Crippen molar-refractivity contribution in [1.82, 2.24) is 0 Å². The maximum Gasteiger partial charge on any atom is 0.165 e. The quantitative estimate of drug-likeness (QED) is 0.660. The highest BCUT2D eigenvalue weighted by molar-refractivity contribution is 5.83. The van der Waals surface area contributed by atoms with Gasteiger partial charge in [-0.05, 0) is 11.5 Å². The van der Waals surface area contributed by atoms with E-state index in [-0.39, 0.29) is 0 Å². The molecule has 0 aliphatic carbocycles. The second-order valence-corrected chi connectivity index (χ2v) is 4.87. The normalized spacial score (nSPS) is 17.2. The summed E-state index contributed by atoms with van der Waals surface area (Å²) >= 11 is 0. The molecule has 0 radical (unpaired) electrons. The van der Waals surface area contributed by atoms with Crippen LogP contribution in [0.4, 0.5) is 0 Å². The molecule has 1 aliphatic rings. The highest BCUT2D eigenvalue weighted by atomic mass is 15.0. The van der Waals surface area contributed by atoms with Gasteiger partial charge in [-0.2, -0.15) is 0 Å². The van der Waals surface area contributed by atoms with Crippen molar-refractivity contribution in [1.29, 1.82) is 0 Å². The Kier molecular flexibility index (Phi) is 3.26. The van der Waals surface area contributed by atoms with Gasteiger partial charge in [-0.25, -0.2) is 4.58 Å². The highest BCUT2D eigenvalue weighted by Crippen LogP contribution is 2.21. The Labute approximate surface area is 81.1 Å². The highest BCUT2D eigenvalue weighted by Gasteiger charge is 2.23. The number of hydrogen-bond acceptors (Lipinski definition) is 1. The summed E-state index contributed by atoms with van der Waals surface area (Å²) in [6, 6.07) is 0. The molecular formula is C11H21N2+. The number of hydrogen-bond donors (Lipinski definition) is 1. The van der Waals surface area contributed by atoms with Crippen LogP contribution in [-0.4, -0.2) is 23.4 Å². The van der Waals surface area contributed by atoms with E-state index in [1.165, 1.54) is 12.1 Å². The summed E-state index contributed by atoms with van der Waals surface area (Å²) in [6.45, 7) is 8.52. The molecule has 0 spiro atoms. The third-order valence-corrected chi connectivity index (χ3v) is 2.15. The van der Waals surface area contributed by atoms with Crippen molar-refractivity contribution in [2.75, 3.05) is 13.1 Å². The first-order chi connectivity index (χ1) is 6.03. The molecule has 0 amide bonds. The Morgan fingerprint density at radius 1 is 1.46 bits per heavy atom. The monoisotopic (exact) mass is 181 g/mol. The minimum absolute atomic E-state index is 0.383. The van der Waals surface area contributed by atoms with Gasteiger partial charge in [-0.1, -0.05) is 20.8 Å². The Hall–Kier alpha value is -0.630. The van der Waals surface area contributed by atoms with E-state index in [1.807, 2.05) is 0 Å². The van der Waals surface area contributed by atoms with Crippen LogP contribution in [0.15, 0.2) is 12.3 Å². The minimum atomic E-state index is 0.383. The predicted molar refractivity (Wildman–Crippen MR) is 57.0 cm³/mol. The van der Waals surface area contributed by atoms with Gasteiger partial charge in [0.05, 0.1) is 13.0 Å². The number of allylic oxidation sites excluding steroid dienone is 1. The summed E-state index contributed by atoms with van der Waals surface area (Å²) in [5, 5.41) is 0. The van der Waals surface area contributed by atoms with Crippen molar-refractivity contribution in [3.8, 4) is 0 Å². The van der Waals surface area contributed by atoms with Crippen molar-refractivity contribution >= 4 is 5.71 Å². The van der Waals surface area contributed by atoms with E-state index in [0.717, 1.165) is 19.5 Å². The third-order valence-electron chi connectivity index (χ3n) is 2.15. The molecule has 0 unspecified atom stereocenters. The third kappa shape index (κ3) is 3.31. The van der Waals surface area contributed by atoms with Crippen molar-refractivity contribution < 1.29 is 4.58 Å². The summed E-state index contributed by atoms with van der Waals surface area (Å²) in [5.41, 5.74) is 7.44. The van der Waals surface area contributed by atoms with Gasteiger partial charge < -0.3 is 5.73 Å². The molecule has 0 saturated carbocycles. The van der Waals surface area contributed by atoms with Crippen LogP contribution < -0.4 is 5.73 Å². The van der Waals surface area contributed by atoms with Gasteiger partial charge in [-0.15, -0.1) is 0 Å². The fourth-order valence-corrected chi connectivity index (χ4v) is 1.70. The first kappa shape index (κ1) is 10.5. The molecule has 0 atom stereocenters. The molecule has 2 nitrogen and oxygen atoms in total. The van der Waals surface area contributed by atoms with Gasteiger partial charge in [0.1, 0.15) is 0 Å². The van der Waals surface area contributed by atoms with Crippen LogP contribution in [-0.2, 0) is 0 Å². The second-order valence-electron chi connectivity index (χ2n) is 4.87. The largest absolute Gasteiger partial charge is 0.325 e. The molecule has 0 aromatic carbocycles. The fraction of sp³-hybridized carbons (Fsp3) is 0.727. The lowest BCUT2D eigenvalue weighted by Crippen LogP contribution is -2.23. The van der Waals surface area contributed by atoms with Crippen LogP contribution in [0.25, 0.3) is 0 Å². The molecule has 0 fully saturated rings. The summed E-state index contributed by atoms with van der Waals surface area (Å²) in [7, 11) is 0. The van der Waals surface area contributed by atoms with Crippen molar-refractivity contribution in [2.45, 2.75) is 33.6 Å². The Balaban J connectivity index is 2.63. The smallest absolute Gasteiger partial charge is 0.165 e. The van der Waals surface area contributed by atoms with Crippen LogP contribution in [0.2, 0.25) is 0 Å². The van der Waals surface area contributed by atoms with E-state index < -0.39 is 0 Å². The molecule has 1 rings (SSSR count). The molecule has 13 heavy (non-hydrogen) atoms. The van der Waals surface area contributed by atoms with E-state index in [4.69, 9.17) is 5.73 Å². The van der Waals surface area contributed by atoms with E-state index >= 15 is 0 Å². The summed E-state index contributed by atoms with van der Waals surface area (Å²) < 4.78 is 2.30. The Morgan fingerprint density at radius 3 is 2.69 bits per heavy atom. The molecule has 1 aliphatic heterocycles. The zero-order chi connectivity index (χ0) is 9.90. The molecule has 74 valence electrons. The zero-order valence-electron chi connectivity index (χ0n) is 9.01. The fourth-order valence-electron chi connectivity index (χ4n) is 1.70. The minimum Gasteiger partial charge on any atom is -0.325 e. The van der Waals surface area contributed by atoms with E-state index in [0.29, 0.717) is 5.41 Å². The molecule has 0 aromatic rings. The number of nitrogens with two attached hydrogens (primary N) is 1. The molecule has 2 heteroatoms. The van der Waals surface area contributed by atoms with Gasteiger partial charge in [0.25, 0.3) is 0 Å². The van der Waals surface area contributed by atoms with Crippen LogP contribution in [0.5, 0.6) is 0 Å². The summed E-state index contributed by atoms with van der Waals surface area (Å²) in [6.07, 6.45) is 6.65. The van der Waals surface area contributed by atoms with E-state index in [1.54, 1.807) is 0 Å². The van der Waals surface area contributed by atoms with Gasteiger partial charge >= 0.3 is 0 Å². The summed E-state index contributed by atoms with van der Waals surface area (Å²) in [5.74, 6) is 0. The van der Waals surface area contributed by atoms with Crippen molar-refractivity contribution in [3.05, 3.63) is 12.3 Å². The molecule has 0 saturated heterocycles. The molecule has 2 N–H and O–H groups in total. The Bertz CT molecular complexity index is 231. The predicted octanol–water partition coefficient (Wildman–Crippen LogP) is 1.75. The van der Waals surface area contributed by atoms with Crippen LogP contribution >= 0.6 is 0 Å². The van der Waals surface area contributed by atoms with E-state index in [2.05, 4.69) is 37.6 Å². The average molecular weight is 181 g/mol. The standard InChI is InChI=1S/C11H21N2/c1-11(2,3)9-10-5-4-7-13(10)8-6-12/h4,7H,5-6,8-9,12H2,1-3H3/q+1. The van der Waals surface area contributed by atoms with Crippen molar-refractivity contribution in [3.63, 3.8) is 0 Å². The first-order valence-corrected chi connectivity index (χ1v) is 5.01. The molecule has 0 bridgehead atoms. The lowest BCUT2D eigenvalue weighted by atomic mass is 9.89. The second kappa shape index (κ2) is 4.05. The topological polar surface area (TPSA) is 29.0 Å². The first-order valence-electron chi connectivity index (χ1n) is 5.01. The number of nitrogens with zero attached hydrogens (tertiary/aromatic N) is 1. The van der Waals surface area contributed by atoms with Crippen LogP contribution in [0.3, 0.4) is 0 Å².